The third-order valence-corrected chi connectivity index (χ3v) is 4.36. The maximum absolute atomic E-state index is 12.2. The van der Waals surface area contributed by atoms with Crippen molar-refractivity contribution in [2.24, 2.45) is 5.92 Å². The summed E-state index contributed by atoms with van der Waals surface area (Å²) in [5, 5.41) is 0. The van der Waals surface area contributed by atoms with Crippen LogP contribution in [0.1, 0.15) is 30.5 Å². The normalized spacial score (nSPS) is 17.9. The van der Waals surface area contributed by atoms with E-state index in [9.17, 15) is 4.79 Å². The Hall–Kier alpha value is -2.00. The highest BCUT2D eigenvalue weighted by Gasteiger charge is 2.17. The molecule has 3 heteroatoms. The summed E-state index contributed by atoms with van der Waals surface area (Å²) in [6, 6.07) is 12.4. The highest BCUT2D eigenvalue weighted by atomic mass is 16.5. The molecule has 0 saturated carbocycles. The zero-order valence-electron chi connectivity index (χ0n) is 13.6. The number of carbonyl (C=O) groups is 1. The molecule has 0 bridgehead atoms. The summed E-state index contributed by atoms with van der Waals surface area (Å²) in [7, 11) is 0. The number of pyridine rings is 1. The van der Waals surface area contributed by atoms with E-state index in [1.165, 1.54) is 0 Å². The smallest absolute Gasteiger partial charge is 0.137 e. The van der Waals surface area contributed by atoms with Gasteiger partial charge in [0.05, 0.1) is 0 Å². The van der Waals surface area contributed by atoms with Crippen molar-refractivity contribution in [1.82, 2.24) is 4.98 Å². The van der Waals surface area contributed by atoms with Crippen molar-refractivity contribution in [3.8, 4) is 11.1 Å². The summed E-state index contributed by atoms with van der Waals surface area (Å²) < 4.78 is 5.45. The number of aromatic nitrogens is 1. The molecule has 1 atom stereocenters. The van der Waals surface area contributed by atoms with Gasteiger partial charge in [-0.2, -0.15) is 0 Å². The molecular weight excluding hydrogens is 286 g/mol. The molecule has 3 nitrogen and oxygen atoms in total. The minimum atomic E-state index is 0.313. The van der Waals surface area contributed by atoms with E-state index in [0.717, 1.165) is 48.4 Å². The average molecular weight is 309 g/mol. The van der Waals surface area contributed by atoms with Crippen molar-refractivity contribution >= 4 is 5.78 Å². The summed E-state index contributed by atoms with van der Waals surface area (Å²) in [4.78, 5) is 16.4. The van der Waals surface area contributed by atoms with Crippen molar-refractivity contribution in [3.05, 3.63) is 53.9 Å². The number of ketones is 1. The molecule has 23 heavy (non-hydrogen) atoms. The van der Waals surface area contributed by atoms with Crippen LogP contribution >= 0.6 is 0 Å². The van der Waals surface area contributed by atoms with Crippen LogP contribution in [0.5, 0.6) is 0 Å². The fourth-order valence-corrected chi connectivity index (χ4v) is 3.13. The van der Waals surface area contributed by atoms with E-state index >= 15 is 0 Å². The van der Waals surface area contributed by atoms with E-state index in [-0.39, 0.29) is 0 Å². The summed E-state index contributed by atoms with van der Waals surface area (Å²) in [6.07, 6.45) is 5.19. The molecule has 1 unspecified atom stereocenters. The average Bonchev–Trinajstić information content (AvgIpc) is 2.56. The number of Topliss-reactive ketones (excluding diaryl/α,β-unsaturated/α-hetero) is 1. The molecule has 2 heterocycles. The first-order valence-electron chi connectivity index (χ1n) is 8.32. The highest BCUT2D eigenvalue weighted by Crippen LogP contribution is 2.21. The number of benzene rings is 1. The van der Waals surface area contributed by atoms with Gasteiger partial charge in [0.1, 0.15) is 5.78 Å². The van der Waals surface area contributed by atoms with Crippen molar-refractivity contribution < 1.29 is 9.53 Å². The number of carbonyl (C=O) groups excluding carboxylic acids is 1. The van der Waals surface area contributed by atoms with E-state index in [0.29, 0.717) is 24.5 Å². The molecule has 1 aliphatic heterocycles. The Morgan fingerprint density at radius 1 is 1.22 bits per heavy atom. The monoisotopic (exact) mass is 309 g/mol. The lowest BCUT2D eigenvalue weighted by molar-refractivity contribution is -0.120. The van der Waals surface area contributed by atoms with Crippen molar-refractivity contribution in [2.75, 3.05) is 13.2 Å². The summed E-state index contributed by atoms with van der Waals surface area (Å²) in [6.45, 7) is 3.58. The number of nitrogens with zero attached hydrogens (tertiary/aromatic N) is 1. The van der Waals surface area contributed by atoms with Crippen LogP contribution in [-0.2, 0) is 16.0 Å². The zero-order chi connectivity index (χ0) is 16.1. The molecule has 120 valence electrons. The van der Waals surface area contributed by atoms with Crippen LogP contribution in [0, 0.1) is 12.8 Å². The summed E-state index contributed by atoms with van der Waals surface area (Å²) in [5.41, 5.74) is 4.42. The first-order chi connectivity index (χ1) is 11.2. The maximum Gasteiger partial charge on any atom is 0.137 e. The van der Waals surface area contributed by atoms with Crippen molar-refractivity contribution in [3.63, 3.8) is 0 Å². The maximum atomic E-state index is 12.2. The van der Waals surface area contributed by atoms with E-state index < -0.39 is 0 Å². The number of aryl methyl sites for hydroxylation is 1. The number of hydrogen-bond donors (Lipinski definition) is 0. The van der Waals surface area contributed by atoms with Crippen LogP contribution in [0.15, 0.2) is 42.6 Å². The van der Waals surface area contributed by atoms with E-state index in [1.54, 1.807) is 0 Å². The standard InChI is InChI=1S/C20H23NO2/c1-15-11-19(8-9-21-15)18-6-4-16(5-7-18)12-20(22)13-17-3-2-10-23-14-17/h4-9,11,17H,2-3,10,12-14H2,1H3. The van der Waals surface area contributed by atoms with E-state index in [1.807, 2.05) is 19.2 Å². The Morgan fingerprint density at radius 2 is 2.04 bits per heavy atom. The molecule has 1 aromatic heterocycles. The molecule has 0 N–H and O–H groups in total. The molecule has 3 rings (SSSR count). The molecule has 0 spiro atoms. The lowest BCUT2D eigenvalue weighted by atomic mass is 9.93. The lowest BCUT2D eigenvalue weighted by Gasteiger charge is -2.21. The fraction of sp³-hybridized carbons (Fsp3) is 0.400. The van der Waals surface area contributed by atoms with Gasteiger partial charge in [0.25, 0.3) is 0 Å². The van der Waals surface area contributed by atoms with Gasteiger partial charge < -0.3 is 4.74 Å². The third-order valence-electron chi connectivity index (χ3n) is 4.36. The Morgan fingerprint density at radius 3 is 2.74 bits per heavy atom. The van der Waals surface area contributed by atoms with Crippen LogP contribution in [0.4, 0.5) is 0 Å². The zero-order valence-corrected chi connectivity index (χ0v) is 13.6. The largest absolute Gasteiger partial charge is 0.381 e. The fourth-order valence-electron chi connectivity index (χ4n) is 3.13. The Labute approximate surface area is 137 Å². The van der Waals surface area contributed by atoms with Crippen LogP contribution in [-0.4, -0.2) is 24.0 Å². The number of ether oxygens (including phenoxy) is 1. The van der Waals surface area contributed by atoms with Gasteiger partial charge in [0.15, 0.2) is 0 Å². The van der Waals surface area contributed by atoms with E-state index in [2.05, 4.69) is 35.3 Å². The Bertz CT molecular complexity index is 658. The predicted molar refractivity (Wildman–Crippen MR) is 91.3 cm³/mol. The molecule has 1 aliphatic rings. The first-order valence-corrected chi connectivity index (χ1v) is 8.32. The third kappa shape index (κ3) is 4.49. The summed E-state index contributed by atoms with van der Waals surface area (Å²) in [5.74, 6) is 0.725. The summed E-state index contributed by atoms with van der Waals surface area (Å²) >= 11 is 0. The highest BCUT2D eigenvalue weighted by molar-refractivity contribution is 5.81. The molecule has 0 aliphatic carbocycles. The lowest BCUT2D eigenvalue weighted by Crippen LogP contribution is -2.21. The molecule has 1 aromatic carbocycles. The van der Waals surface area contributed by atoms with Crippen molar-refractivity contribution in [1.29, 1.82) is 0 Å². The van der Waals surface area contributed by atoms with Gasteiger partial charge >= 0.3 is 0 Å². The van der Waals surface area contributed by atoms with Gasteiger partial charge in [0.2, 0.25) is 0 Å². The second-order valence-corrected chi connectivity index (χ2v) is 6.39. The SMILES string of the molecule is Cc1cc(-c2ccc(CC(=O)CC3CCCOC3)cc2)ccn1. The molecular formula is C20H23NO2. The first kappa shape index (κ1) is 15.9. The Kier molecular flexibility index (Phi) is 5.19. The van der Waals surface area contributed by atoms with E-state index in [4.69, 9.17) is 4.74 Å². The minimum Gasteiger partial charge on any atom is -0.381 e. The van der Waals surface area contributed by atoms with Gasteiger partial charge in [0, 0.05) is 37.9 Å². The van der Waals surface area contributed by atoms with Gasteiger partial charge in [-0.3, -0.25) is 9.78 Å². The topological polar surface area (TPSA) is 39.2 Å². The second-order valence-electron chi connectivity index (χ2n) is 6.39. The van der Waals surface area contributed by atoms with Gasteiger partial charge in [-0.25, -0.2) is 0 Å². The van der Waals surface area contributed by atoms with Crippen molar-refractivity contribution in [2.45, 2.75) is 32.6 Å². The predicted octanol–water partition coefficient (Wildman–Crippen LogP) is 3.99. The molecule has 1 fully saturated rings. The minimum absolute atomic E-state index is 0.313. The van der Waals surface area contributed by atoms with Crippen LogP contribution in [0.2, 0.25) is 0 Å². The Balaban J connectivity index is 1.59. The van der Waals surface area contributed by atoms with Gasteiger partial charge in [-0.1, -0.05) is 24.3 Å². The molecule has 0 radical (unpaired) electrons. The molecule has 2 aromatic rings. The van der Waals surface area contributed by atoms with Gasteiger partial charge in [-0.15, -0.1) is 0 Å². The van der Waals surface area contributed by atoms with Crippen LogP contribution < -0.4 is 0 Å². The molecule has 1 saturated heterocycles. The van der Waals surface area contributed by atoms with Crippen LogP contribution in [0.25, 0.3) is 11.1 Å². The van der Waals surface area contributed by atoms with Crippen LogP contribution in [0.3, 0.4) is 0 Å². The quantitative estimate of drug-likeness (QED) is 0.838. The molecule has 0 amide bonds. The second kappa shape index (κ2) is 7.51. The van der Waals surface area contributed by atoms with Gasteiger partial charge in [-0.05, 0) is 54.5 Å². The number of rotatable bonds is 5. The number of hydrogen-bond acceptors (Lipinski definition) is 3.